The number of nitrogens with one attached hydrogen (secondary N) is 1. The number of hydrogen-bond acceptors (Lipinski definition) is 4. The zero-order chi connectivity index (χ0) is 18.5. The van der Waals surface area contributed by atoms with Crippen LogP contribution in [0.1, 0.15) is 19.4 Å². The Bertz CT molecular complexity index is 908. The lowest BCUT2D eigenvalue weighted by Gasteiger charge is -2.09. The molecule has 0 saturated carbocycles. The van der Waals surface area contributed by atoms with Gasteiger partial charge >= 0.3 is 0 Å². The van der Waals surface area contributed by atoms with Crippen LogP contribution in [0, 0.1) is 0 Å². The van der Waals surface area contributed by atoms with Crippen LogP contribution in [-0.2, 0) is 17.1 Å². The van der Waals surface area contributed by atoms with E-state index in [1.165, 1.54) is 12.5 Å². The third kappa shape index (κ3) is 4.45. The highest BCUT2D eigenvalue weighted by Gasteiger charge is 2.14. The van der Waals surface area contributed by atoms with Crippen molar-refractivity contribution in [1.82, 2.24) is 14.8 Å². The molecule has 3 rings (SSSR count). The van der Waals surface area contributed by atoms with E-state index in [9.17, 15) is 4.79 Å². The molecule has 0 fully saturated rings. The summed E-state index contributed by atoms with van der Waals surface area (Å²) in [7, 11) is 0. The van der Waals surface area contributed by atoms with E-state index < -0.39 is 0 Å². The summed E-state index contributed by atoms with van der Waals surface area (Å²) in [5.74, 6) is 1.48. The number of aromatic nitrogens is 3. The van der Waals surface area contributed by atoms with E-state index in [2.05, 4.69) is 27.0 Å². The number of carbonyl (C=O) groups excluding carboxylic acids is 1. The highest BCUT2D eigenvalue weighted by molar-refractivity contribution is 7.98. The number of benzene rings is 2. The Morgan fingerprint density at radius 2 is 1.96 bits per heavy atom. The van der Waals surface area contributed by atoms with Crippen molar-refractivity contribution in [3.63, 3.8) is 0 Å². The summed E-state index contributed by atoms with van der Waals surface area (Å²) in [6.45, 7) is 4.32. The molecule has 0 aliphatic rings. The van der Waals surface area contributed by atoms with Crippen LogP contribution in [0.15, 0.2) is 53.7 Å². The molecule has 5 nitrogen and oxygen atoms in total. The number of amides is 1. The molecular formula is C19H19ClN4OS. The highest BCUT2D eigenvalue weighted by atomic mass is 35.5. The minimum absolute atomic E-state index is 0.0988. The number of thioether (sulfide) groups is 1. The zero-order valence-electron chi connectivity index (χ0n) is 14.6. The fourth-order valence-electron chi connectivity index (χ4n) is 2.56. The van der Waals surface area contributed by atoms with Crippen LogP contribution >= 0.6 is 23.4 Å². The van der Waals surface area contributed by atoms with Gasteiger partial charge in [-0.25, -0.2) is 0 Å². The third-order valence-corrected chi connectivity index (χ3v) is 5.05. The SMILES string of the molecule is CCn1c(SCc2ccc(Cl)cc2)nnc1-c1cccc(NC(C)=O)c1. The average molecular weight is 387 g/mol. The fourth-order valence-corrected chi connectivity index (χ4v) is 3.65. The van der Waals surface area contributed by atoms with Crippen molar-refractivity contribution >= 4 is 35.0 Å². The second-order valence-electron chi connectivity index (χ2n) is 5.73. The molecule has 7 heteroatoms. The number of nitrogens with zero attached hydrogens (tertiary/aromatic N) is 3. The molecule has 2 aromatic carbocycles. The van der Waals surface area contributed by atoms with E-state index in [1.807, 2.05) is 48.5 Å². The van der Waals surface area contributed by atoms with Gasteiger partial charge in [0.05, 0.1) is 0 Å². The Morgan fingerprint density at radius 3 is 2.65 bits per heavy atom. The van der Waals surface area contributed by atoms with Gasteiger partial charge in [0.1, 0.15) is 0 Å². The first-order valence-corrected chi connectivity index (χ1v) is 9.61. The van der Waals surface area contributed by atoms with Gasteiger partial charge in [0.2, 0.25) is 5.91 Å². The molecule has 3 aromatic rings. The summed E-state index contributed by atoms with van der Waals surface area (Å²) in [6, 6.07) is 15.4. The van der Waals surface area contributed by atoms with Gasteiger partial charge in [-0.2, -0.15) is 0 Å². The molecular weight excluding hydrogens is 368 g/mol. The van der Waals surface area contributed by atoms with Gasteiger partial charge in [-0.1, -0.05) is 47.6 Å². The number of anilines is 1. The van der Waals surface area contributed by atoms with E-state index in [4.69, 9.17) is 11.6 Å². The van der Waals surface area contributed by atoms with Crippen LogP contribution in [0.4, 0.5) is 5.69 Å². The molecule has 0 radical (unpaired) electrons. The molecule has 0 spiro atoms. The van der Waals surface area contributed by atoms with Crippen LogP contribution < -0.4 is 5.32 Å². The number of carbonyl (C=O) groups is 1. The third-order valence-electron chi connectivity index (χ3n) is 3.76. The van der Waals surface area contributed by atoms with Gasteiger partial charge in [0.15, 0.2) is 11.0 Å². The Kier molecular flexibility index (Phi) is 5.96. The topological polar surface area (TPSA) is 59.8 Å². The van der Waals surface area contributed by atoms with Gasteiger partial charge in [-0.15, -0.1) is 10.2 Å². The maximum atomic E-state index is 11.3. The molecule has 26 heavy (non-hydrogen) atoms. The van der Waals surface area contributed by atoms with E-state index >= 15 is 0 Å². The summed E-state index contributed by atoms with van der Waals surface area (Å²) < 4.78 is 2.08. The van der Waals surface area contributed by atoms with Crippen molar-refractivity contribution in [3.8, 4) is 11.4 Å². The molecule has 0 aliphatic heterocycles. The van der Waals surface area contributed by atoms with Gasteiger partial charge < -0.3 is 9.88 Å². The molecule has 134 valence electrons. The largest absolute Gasteiger partial charge is 0.326 e. The molecule has 0 unspecified atom stereocenters. The zero-order valence-corrected chi connectivity index (χ0v) is 16.1. The predicted octanol–water partition coefficient (Wildman–Crippen LogP) is 4.87. The first kappa shape index (κ1) is 18.5. The smallest absolute Gasteiger partial charge is 0.221 e. The molecule has 1 aromatic heterocycles. The van der Waals surface area contributed by atoms with E-state index in [0.29, 0.717) is 0 Å². The lowest BCUT2D eigenvalue weighted by Crippen LogP contribution is -2.06. The van der Waals surface area contributed by atoms with Crippen molar-refractivity contribution < 1.29 is 4.79 Å². The van der Waals surface area contributed by atoms with Crippen LogP contribution in [-0.4, -0.2) is 20.7 Å². The van der Waals surface area contributed by atoms with Gasteiger partial charge in [-0.05, 0) is 36.8 Å². The lowest BCUT2D eigenvalue weighted by atomic mass is 10.2. The Labute approximate surface area is 161 Å². The van der Waals surface area contributed by atoms with Crippen LogP contribution in [0.5, 0.6) is 0 Å². The van der Waals surface area contributed by atoms with Crippen molar-refractivity contribution in [3.05, 3.63) is 59.1 Å². The molecule has 0 bridgehead atoms. The van der Waals surface area contributed by atoms with E-state index in [0.717, 1.165) is 39.6 Å². The van der Waals surface area contributed by atoms with E-state index in [1.54, 1.807) is 11.8 Å². The van der Waals surface area contributed by atoms with Crippen molar-refractivity contribution in [2.24, 2.45) is 0 Å². The van der Waals surface area contributed by atoms with Gasteiger partial charge in [-0.3, -0.25) is 4.79 Å². The summed E-state index contributed by atoms with van der Waals surface area (Å²) in [4.78, 5) is 11.3. The minimum atomic E-state index is -0.0988. The Hall–Kier alpha value is -2.31. The number of rotatable bonds is 6. The second kappa shape index (κ2) is 8.38. The highest BCUT2D eigenvalue weighted by Crippen LogP contribution is 2.28. The van der Waals surface area contributed by atoms with E-state index in [-0.39, 0.29) is 5.91 Å². The Balaban J connectivity index is 1.81. The lowest BCUT2D eigenvalue weighted by molar-refractivity contribution is -0.114. The average Bonchev–Trinajstić information content (AvgIpc) is 3.04. The molecule has 1 heterocycles. The van der Waals surface area contributed by atoms with Gasteiger partial charge in [0.25, 0.3) is 0 Å². The number of hydrogen-bond donors (Lipinski definition) is 1. The summed E-state index contributed by atoms with van der Waals surface area (Å²) in [6.07, 6.45) is 0. The normalized spacial score (nSPS) is 10.7. The Morgan fingerprint density at radius 1 is 1.19 bits per heavy atom. The first-order chi connectivity index (χ1) is 12.6. The molecule has 0 saturated heterocycles. The second-order valence-corrected chi connectivity index (χ2v) is 7.11. The summed E-state index contributed by atoms with van der Waals surface area (Å²) >= 11 is 7.57. The molecule has 0 aliphatic carbocycles. The predicted molar refractivity (Wildman–Crippen MR) is 106 cm³/mol. The standard InChI is InChI=1S/C19H19ClN4OS/c1-3-24-18(15-5-4-6-17(11-15)21-13(2)25)22-23-19(24)26-12-14-7-9-16(20)10-8-14/h4-11H,3,12H2,1-2H3,(H,21,25). The maximum absolute atomic E-state index is 11.3. The maximum Gasteiger partial charge on any atom is 0.221 e. The first-order valence-electron chi connectivity index (χ1n) is 8.25. The summed E-state index contributed by atoms with van der Waals surface area (Å²) in [5, 5.41) is 13.1. The summed E-state index contributed by atoms with van der Waals surface area (Å²) in [5.41, 5.74) is 2.85. The van der Waals surface area contributed by atoms with Crippen molar-refractivity contribution in [1.29, 1.82) is 0 Å². The number of halogens is 1. The van der Waals surface area contributed by atoms with Gasteiger partial charge in [0, 0.05) is 35.5 Å². The van der Waals surface area contributed by atoms with Crippen LogP contribution in [0.3, 0.4) is 0 Å². The molecule has 1 amide bonds. The van der Waals surface area contributed by atoms with Crippen molar-refractivity contribution in [2.45, 2.75) is 31.3 Å². The minimum Gasteiger partial charge on any atom is -0.326 e. The quantitative estimate of drug-likeness (QED) is 0.614. The fraction of sp³-hybridized carbons (Fsp3) is 0.211. The van der Waals surface area contributed by atoms with Crippen molar-refractivity contribution in [2.75, 3.05) is 5.32 Å². The van der Waals surface area contributed by atoms with Crippen LogP contribution in [0.2, 0.25) is 5.02 Å². The molecule has 0 atom stereocenters. The van der Waals surface area contributed by atoms with Crippen LogP contribution in [0.25, 0.3) is 11.4 Å². The monoisotopic (exact) mass is 386 g/mol. The molecule has 1 N–H and O–H groups in total.